The molecule has 0 aliphatic rings. The number of rotatable bonds is 6. The lowest BCUT2D eigenvalue weighted by atomic mass is 9.93. The minimum atomic E-state index is 0.134. The molecule has 0 unspecified atom stereocenters. The van der Waals surface area contributed by atoms with Crippen LogP contribution >= 0.6 is 22.9 Å². The van der Waals surface area contributed by atoms with Gasteiger partial charge in [0.15, 0.2) is 11.6 Å². The molecule has 4 aromatic heterocycles. The van der Waals surface area contributed by atoms with Gasteiger partial charge in [-0.15, -0.1) is 11.3 Å². The first-order chi connectivity index (χ1) is 31.6. The van der Waals surface area contributed by atoms with Crippen molar-refractivity contribution >= 4 is 86.9 Å². The summed E-state index contributed by atoms with van der Waals surface area (Å²) in [5.41, 5.74) is 14.8. The number of aromatic amines is 1. The molecule has 0 radical (unpaired) electrons. The second-order valence-corrected chi connectivity index (χ2v) is 17.7. The zero-order valence-corrected chi connectivity index (χ0v) is 35.6. The van der Waals surface area contributed by atoms with Crippen molar-refractivity contribution in [3.8, 4) is 67.3 Å². The Labute approximate surface area is 375 Å². The number of nitrogens with one attached hydrogen (secondary N) is 1. The molecular formula is C57H33ClN4OS. The smallest absolute Gasteiger partial charge is 0.226 e. The molecule has 0 aliphatic heterocycles. The molecule has 7 heteroatoms. The molecular weight excluding hydrogens is 824 g/mol. The molecule has 0 amide bonds. The molecule has 300 valence electrons. The van der Waals surface area contributed by atoms with Crippen LogP contribution in [0.4, 0.5) is 0 Å². The van der Waals surface area contributed by atoms with Gasteiger partial charge in [0.2, 0.25) is 5.28 Å². The van der Waals surface area contributed by atoms with Crippen LogP contribution in [0.1, 0.15) is 0 Å². The van der Waals surface area contributed by atoms with E-state index in [1.54, 1.807) is 0 Å². The Morgan fingerprint density at radius 2 is 0.938 bits per heavy atom. The van der Waals surface area contributed by atoms with E-state index in [0.717, 1.165) is 55.2 Å². The first kappa shape index (κ1) is 36.7. The molecule has 0 aliphatic carbocycles. The maximum atomic E-state index is 6.58. The third-order valence-electron chi connectivity index (χ3n) is 12.4. The van der Waals surface area contributed by atoms with Gasteiger partial charge in [0.1, 0.15) is 11.2 Å². The SMILES string of the molecule is Clc1nc(-c2cccc(-c3ccc4sc5ccc(-c6cccc(-c7cc(-c8ccccc8)cc8c7[nH]c7ccccc78)c6)cc5c4c3)c2)nc(-c2ccc3c(c2)oc2ccccc23)n1. The van der Waals surface area contributed by atoms with Crippen molar-refractivity contribution in [2.75, 3.05) is 0 Å². The summed E-state index contributed by atoms with van der Waals surface area (Å²) in [5, 5.41) is 7.16. The molecule has 0 bridgehead atoms. The van der Waals surface area contributed by atoms with E-state index in [2.05, 4.69) is 161 Å². The molecule has 64 heavy (non-hydrogen) atoms. The summed E-state index contributed by atoms with van der Waals surface area (Å²) in [7, 11) is 0. The summed E-state index contributed by atoms with van der Waals surface area (Å²) in [6.07, 6.45) is 0. The zero-order chi connectivity index (χ0) is 42.3. The number of para-hydroxylation sites is 2. The predicted octanol–water partition coefficient (Wildman–Crippen LogP) is 16.4. The fourth-order valence-corrected chi connectivity index (χ4v) is 10.5. The predicted molar refractivity (Wildman–Crippen MR) is 267 cm³/mol. The summed E-state index contributed by atoms with van der Waals surface area (Å²) < 4.78 is 8.66. The first-order valence-corrected chi connectivity index (χ1v) is 22.4. The van der Waals surface area contributed by atoms with Gasteiger partial charge in [-0.2, -0.15) is 9.97 Å². The number of nitrogens with zero attached hydrogens (tertiary/aromatic N) is 3. The van der Waals surface area contributed by atoms with Crippen molar-refractivity contribution in [2.24, 2.45) is 0 Å². The summed E-state index contributed by atoms with van der Waals surface area (Å²) in [6.45, 7) is 0. The van der Waals surface area contributed by atoms with Crippen LogP contribution in [-0.2, 0) is 0 Å². The van der Waals surface area contributed by atoms with Crippen LogP contribution in [0.2, 0.25) is 5.28 Å². The number of aromatic nitrogens is 4. The van der Waals surface area contributed by atoms with Crippen molar-refractivity contribution < 1.29 is 4.42 Å². The summed E-state index contributed by atoms with van der Waals surface area (Å²) in [5.74, 6) is 0.995. The first-order valence-electron chi connectivity index (χ1n) is 21.2. The standard InChI is InChI=1S/C57H33ClN4OS/c58-57-61-55(60-56(62-57)40-20-23-44-43-17-5-7-19-50(43)63-51(44)32-40)39-15-9-13-35(27-39)37-22-25-53-47(29-37)46-28-36(21-24-52(46)64-53)34-12-8-14-38(26-34)45-30-41(33-10-2-1-3-11-33)31-48-42-16-4-6-18-49(42)59-54(45)48/h1-32,59H. The van der Waals surface area contributed by atoms with Crippen LogP contribution in [0.5, 0.6) is 0 Å². The molecule has 9 aromatic carbocycles. The lowest BCUT2D eigenvalue weighted by molar-refractivity contribution is 0.669. The fraction of sp³-hybridized carbons (Fsp3) is 0. The molecule has 0 saturated carbocycles. The number of H-pyrrole nitrogens is 1. The van der Waals surface area contributed by atoms with Gasteiger partial charge >= 0.3 is 0 Å². The lowest BCUT2D eigenvalue weighted by Crippen LogP contribution is -1.97. The maximum absolute atomic E-state index is 6.58. The van der Waals surface area contributed by atoms with Crippen LogP contribution in [0.25, 0.3) is 131 Å². The topological polar surface area (TPSA) is 67.6 Å². The molecule has 5 nitrogen and oxygen atoms in total. The van der Waals surface area contributed by atoms with Crippen LogP contribution < -0.4 is 0 Å². The molecule has 0 fully saturated rings. The highest BCUT2D eigenvalue weighted by Gasteiger charge is 2.17. The Hall–Kier alpha value is -7.90. The number of hydrogen-bond donors (Lipinski definition) is 1. The van der Waals surface area contributed by atoms with Gasteiger partial charge in [0.25, 0.3) is 0 Å². The Morgan fingerprint density at radius 3 is 1.70 bits per heavy atom. The highest BCUT2D eigenvalue weighted by Crippen LogP contribution is 2.42. The number of benzene rings is 9. The number of fused-ring (bicyclic) bond motifs is 9. The molecule has 0 spiro atoms. The average molecular weight is 857 g/mol. The van der Waals surface area contributed by atoms with E-state index >= 15 is 0 Å². The lowest BCUT2D eigenvalue weighted by Gasteiger charge is -2.11. The van der Waals surface area contributed by atoms with E-state index in [1.807, 2.05) is 59.9 Å². The van der Waals surface area contributed by atoms with Gasteiger partial charge in [0.05, 0.1) is 5.52 Å². The highest BCUT2D eigenvalue weighted by molar-refractivity contribution is 7.25. The van der Waals surface area contributed by atoms with Crippen LogP contribution in [0.15, 0.2) is 199 Å². The van der Waals surface area contributed by atoms with Crippen molar-refractivity contribution in [2.45, 2.75) is 0 Å². The van der Waals surface area contributed by atoms with E-state index in [4.69, 9.17) is 21.0 Å². The van der Waals surface area contributed by atoms with Crippen molar-refractivity contribution in [1.82, 2.24) is 19.9 Å². The number of halogens is 1. The van der Waals surface area contributed by atoms with Gasteiger partial charge in [-0.05, 0) is 123 Å². The quantitative estimate of drug-likeness (QED) is 0.181. The second kappa shape index (κ2) is 14.6. The average Bonchev–Trinajstić information content (AvgIpc) is 4.04. The fourth-order valence-electron chi connectivity index (χ4n) is 9.29. The van der Waals surface area contributed by atoms with Crippen molar-refractivity contribution in [1.29, 1.82) is 0 Å². The third-order valence-corrected chi connectivity index (χ3v) is 13.7. The summed E-state index contributed by atoms with van der Waals surface area (Å²) in [6, 6.07) is 68.8. The van der Waals surface area contributed by atoms with Crippen LogP contribution in [0, 0.1) is 0 Å². The molecule has 4 heterocycles. The minimum absolute atomic E-state index is 0.134. The van der Waals surface area contributed by atoms with E-state index in [0.29, 0.717) is 11.6 Å². The van der Waals surface area contributed by atoms with E-state index in [9.17, 15) is 0 Å². The highest BCUT2D eigenvalue weighted by atomic mass is 35.5. The van der Waals surface area contributed by atoms with Gasteiger partial charge in [-0.25, -0.2) is 4.98 Å². The maximum Gasteiger partial charge on any atom is 0.226 e. The Morgan fingerprint density at radius 1 is 0.375 bits per heavy atom. The molecule has 0 saturated heterocycles. The van der Waals surface area contributed by atoms with Crippen LogP contribution in [-0.4, -0.2) is 19.9 Å². The summed E-state index contributed by atoms with van der Waals surface area (Å²) >= 11 is 8.40. The van der Waals surface area contributed by atoms with E-state index in [-0.39, 0.29) is 5.28 Å². The van der Waals surface area contributed by atoms with E-state index in [1.165, 1.54) is 64.3 Å². The molecule has 13 aromatic rings. The van der Waals surface area contributed by atoms with Gasteiger partial charge in [0, 0.05) is 63.9 Å². The Bertz CT molecular complexity index is 4000. The number of furan rings is 1. The third kappa shape index (κ3) is 6.18. The molecule has 0 atom stereocenters. The zero-order valence-electron chi connectivity index (χ0n) is 34.0. The van der Waals surface area contributed by atoms with Crippen LogP contribution in [0.3, 0.4) is 0 Å². The van der Waals surface area contributed by atoms with Crippen molar-refractivity contribution in [3.05, 3.63) is 199 Å². The monoisotopic (exact) mass is 856 g/mol. The largest absolute Gasteiger partial charge is 0.456 e. The number of hydrogen-bond acceptors (Lipinski definition) is 5. The Kier molecular flexibility index (Phi) is 8.38. The minimum Gasteiger partial charge on any atom is -0.456 e. The normalized spacial score (nSPS) is 11.8. The van der Waals surface area contributed by atoms with E-state index < -0.39 is 0 Å². The van der Waals surface area contributed by atoms with Gasteiger partial charge in [-0.3, -0.25) is 0 Å². The molecule has 13 rings (SSSR count). The van der Waals surface area contributed by atoms with Crippen molar-refractivity contribution in [3.63, 3.8) is 0 Å². The Balaban J connectivity index is 0.862. The second-order valence-electron chi connectivity index (χ2n) is 16.2. The number of thiophene rings is 1. The van der Waals surface area contributed by atoms with Gasteiger partial charge < -0.3 is 9.40 Å². The summed E-state index contributed by atoms with van der Waals surface area (Å²) in [4.78, 5) is 17.8. The van der Waals surface area contributed by atoms with Gasteiger partial charge in [-0.1, -0.05) is 121 Å². The molecule has 1 N–H and O–H groups in total.